The van der Waals surface area contributed by atoms with E-state index in [0.29, 0.717) is 5.82 Å². The number of carbonyl (C=O) groups is 1. The van der Waals surface area contributed by atoms with Crippen molar-refractivity contribution in [1.29, 1.82) is 0 Å². The Hall–Kier alpha value is -2.30. The van der Waals surface area contributed by atoms with Gasteiger partial charge in [0, 0.05) is 5.54 Å². The Morgan fingerprint density at radius 2 is 2.00 bits per heavy atom. The van der Waals surface area contributed by atoms with Crippen molar-refractivity contribution in [2.24, 2.45) is 0 Å². The minimum Gasteiger partial charge on any atom is -0.441 e. The lowest BCUT2D eigenvalue weighted by Gasteiger charge is -2.19. The van der Waals surface area contributed by atoms with Crippen LogP contribution in [0, 0.1) is 0 Å². The molecule has 2 rings (SSSR count). The number of amides is 1. The molecule has 1 aromatic heterocycles. The highest BCUT2D eigenvalue weighted by molar-refractivity contribution is 5.68. The molecule has 0 saturated carbocycles. The molecule has 0 aliphatic rings. The number of hydrogen-bond donors (Lipinski definition) is 2. The Kier molecular flexibility index (Phi) is 4.08. The second-order valence-electron chi connectivity index (χ2n) is 5.56. The molecule has 106 valence electrons. The van der Waals surface area contributed by atoms with E-state index in [1.807, 2.05) is 51.1 Å². The maximum absolute atomic E-state index is 11.5. The number of nitrogens with one attached hydrogen (secondary N) is 2. The predicted octanol–water partition coefficient (Wildman–Crippen LogP) is 3.10. The number of hydrogen-bond acceptors (Lipinski definition) is 3. The molecule has 20 heavy (non-hydrogen) atoms. The third-order valence-corrected chi connectivity index (χ3v) is 2.53. The lowest BCUT2D eigenvalue weighted by atomic mass is 10.1. The lowest BCUT2D eigenvalue weighted by Crippen LogP contribution is -2.40. The number of H-pyrrole nitrogens is 1. The molecule has 0 fully saturated rings. The van der Waals surface area contributed by atoms with Gasteiger partial charge in [0.15, 0.2) is 6.61 Å². The molecule has 0 atom stereocenters. The van der Waals surface area contributed by atoms with Crippen molar-refractivity contribution in [3.05, 3.63) is 42.4 Å². The Morgan fingerprint density at radius 3 is 2.65 bits per heavy atom. The highest BCUT2D eigenvalue weighted by atomic mass is 16.5. The van der Waals surface area contributed by atoms with Crippen molar-refractivity contribution >= 4 is 6.09 Å². The second kappa shape index (κ2) is 5.77. The molecular weight excluding hydrogens is 254 g/mol. The first kappa shape index (κ1) is 14.1. The highest BCUT2D eigenvalue weighted by Crippen LogP contribution is 2.16. The van der Waals surface area contributed by atoms with Crippen LogP contribution in [-0.2, 0) is 11.3 Å². The van der Waals surface area contributed by atoms with Crippen LogP contribution >= 0.6 is 0 Å². The van der Waals surface area contributed by atoms with E-state index < -0.39 is 6.09 Å². The van der Waals surface area contributed by atoms with Gasteiger partial charge in [-0.25, -0.2) is 9.78 Å². The van der Waals surface area contributed by atoms with Crippen LogP contribution in [0.2, 0.25) is 0 Å². The van der Waals surface area contributed by atoms with Crippen LogP contribution in [0.15, 0.2) is 36.5 Å². The number of aromatic amines is 1. The van der Waals surface area contributed by atoms with E-state index in [1.165, 1.54) is 0 Å². The average Bonchev–Trinajstić information content (AvgIpc) is 2.84. The molecule has 0 unspecified atom stereocenters. The number of alkyl carbamates (subject to hydrolysis) is 1. The summed E-state index contributed by atoms with van der Waals surface area (Å²) < 4.78 is 5.11. The minimum absolute atomic E-state index is 0.120. The third kappa shape index (κ3) is 4.12. The van der Waals surface area contributed by atoms with Gasteiger partial charge in [-0.15, -0.1) is 0 Å². The van der Waals surface area contributed by atoms with Crippen LogP contribution in [0.3, 0.4) is 0 Å². The Labute approximate surface area is 118 Å². The Bertz CT molecular complexity index is 570. The summed E-state index contributed by atoms with van der Waals surface area (Å²) in [6, 6.07) is 9.86. The van der Waals surface area contributed by atoms with Crippen LogP contribution in [0.5, 0.6) is 0 Å². The van der Waals surface area contributed by atoms with Gasteiger partial charge in [0.1, 0.15) is 5.82 Å². The fraction of sp³-hybridized carbons (Fsp3) is 0.333. The molecule has 1 amide bonds. The Morgan fingerprint density at radius 1 is 1.30 bits per heavy atom. The molecule has 0 aliphatic heterocycles. The zero-order valence-electron chi connectivity index (χ0n) is 11.9. The van der Waals surface area contributed by atoms with Crippen molar-refractivity contribution in [2.75, 3.05) is 0 Å². The second-order valence-corrected chi connectivity index (χ2v) is 5.56. The minimum atomic E-state index is -0.449. The van der Waals surface area contributed by atoms with Crippen LogP contribution in [-0.4, -0.2) is 21.6 Å². The van der Waals surface area contributed by atoms with E-state index in [-0.39, 0.29) is 12.1 Å². The van der Waals surface area contributed by atoms with Crippen LogP contribution in [0.25, 0.3) is 11.3 Å². The fourth-order valence-electron chi connectivity index (χ4n) is 1.68. The van der Waals surface area contributed by atoms with Crippen molar-refractivity contribution < 1.29 is 9.53 Å². The van der Waals surface area contributed by atoms with Gasteiger partial charge < -0.3 is 15.0 Å². The number of carbonyl (C=O) groups excluding carboxylic acids is 1. The number of aromatic nitrogens is 2. The number of nitrogens with zero attached hydrogens (tertiary/aromatic N) is 1. The first-order chi connectivity index (χ1) is 9.44. The standard InChI is InChI=1S/C15H19N3O2/c1-15(2,3)18-14(19)20-10-13-16-9-12(17-13)11-7-5-4-6-8-11/h4-9H,10H2,1-3H3,(H,16,17)(H,18,19). The molecule has 0 aliphatic carbocycles. The molecular formula is C15H19N3O2. The van der Waals surface area contributed by atoms with Gasteiger partial charge in [0.2, 0.25) is 0 Å². The predicted molar refractivity (Wildman–Crippen MR) is 77.1 cm³/mol. The normalized spacial score (nSPS) is 11.2. The van der Waals surface area contributed by atoms with E-state index in [9.17, 15) is 4.79 Å². The summed E-state index contributed by atoms with van der Waals surface area (Å²) in [6.45, 7) is 5.81. The lowest BCUT2D eigenvalue weighted by molar-refractivity contribution is 0.129. The monoisotopic (exact) mass is 273 g/mol. The first-order valence-electron chi connectivity index (χ1n) is 6.48. The van der Waals surface area contributed by atoms with E-state index in [2.05, 4.69) is 15.3 Å². The first-order valence-corrected chi connectivity index (χ1v) is 6.48. The maximum atomic E-state index is 11.5. The molecule has 1 aromatic carbocycles. The highest BCUT2D eigenvalue weighted by Gasteiger charge is 2.15. The molecule has 5 heteroatoms. The summed E-state index contributed by atoms with van der Waals surface area (Å²) in [6.07, 6.45) is 1.28. The molecule has 0 saturated heterocycles. The molecule has 0 bridgehead atoms. The van der Waals surface area contributed by atoms with Crippen molar-refractivity contribution in [3.63, 3.8) is 0 Å². The third-order valence-electron chi connectivity index (χ3n) is 2.53. The molecule has 0 radical (unpaired) electrons. The van der Waals surface area contributed by atoms with E-state index >= 15 is 0 Å². The molecule has 2 aromatic rings. The quantitative estimate of drug-likeness (QED) is 0.903. The topological polar surface area (TPSA) is 67.0 Å². The zero-order chi connectivity index (χ0) is 14.6. The Balaban J connectivity index is 1.92. The van der Waals surface area contributed by atoms with Gasteiger partial charge >= 0.3 is 6.09 Å². The molecule has 5 nitrogen and oxygen atoms in total. The van der Waals surface area contributed by atoms with E-state index in [4.69, 9.17) is 4.74 Å². The van der Waals surface area contributed by atoms with Gasteiger partial charge in [0.25, 0.3) is 0 Å². The van der Waals surface area contributed by atoms with Crippen molar-refractivity contribution in [3.8, 4) is 11.3 Å². The molecule has 1 heterocycles. The van der Waals surface area contributed by atoms with E-state index in [1.54, 1.807) is 6.20 Å². The van der Waals surface area contributed by atoms with Crippen LogP contribution in [0.1, 0.15) is 26.6 Å². The van der Waals surface area contributed by atoms with Gasteiger partial charge in [-0.3, -0.25) is 0 Å². The smallest absolute Gasteiger partial charge is 0.407 e. The summed E-state index contributed by atoms with van der Waals surface area (Å²) in [7, 11) is 0. The summed E-state index contributed by atoms with van der Waals surface area (Å²) >= 11 is 0. The van der Waals surface area contributed by atoms with E-state index in [0.717, 1.165) is 11.3 Å². The van der Waals surface area contributed by atoms with Crippen LogP contribution < -0.4 is 5.32 Å². The van der Waals surface area contributed by atoms with Gasteiger partial charge in [0.05, 0.1) is 11.9 Å². The molecule has 0 spiro atoms. The van der Waals surface area contributed by atoms with Gasteiger partial charge in [-0.2, -0.15) is 0 Å². The van der Waals surface area contributed by atoms with Crippen LogP contribution in [0.4, 0.5) is 4.79 Å². The number of ether oxygens (including phenoxy) is 1. The zero-order valence-corrected chi connectivity index (χ0v) is 11.9. The molecule has 2 N–H and O–H groups in total. The summed E-state index contributed by atoms with van der Waals surface area (Å²) in [5.74, 6) is 0.618. The maximum Gasteiger partial charge on any atom is 0.407 e. The van der Waals surface area contributed by atoms with Gasteiger partial charge in [-0.1, -0.05) is 30.3 Å². The number of imidazole rings is 1. The van der Waals surface area contributed by atoms with Gasteiger partial charge in [-0.05, 0) is 26.3 Å². The summed E-state index contributed by atoms with van der Waals surface area (Å²) in [4.78, 5) is 18.9. The summed E-state index contributed by atoms with van der Waals surface area (Å²) in [5, 5.41) is 2.73. The average molecular weight is 273 g/mol. The van der Waals surface area contributed by atoms with Crippen molar-refractivity contribution in [2.45, 2.75) is 32.9 Å². The summed E-state index contributed by atoms with van der Waals surface area (Å²) in [5.41, 5.74) is 1.64. The number of benzene rings is 1. The largest absolute Gasteiger partial charge is 0.441 e. The number of rotatable bonds is 3. The SMILES string of the molecule is CC(C)(C)NC(=O)OCc1ncc(-c2ccccc2)[nH]1. The van der Waals surface area contributed by atoms with Crippen molar-refractivity contribution in [1.82, 2.24) is 15.3 Å². The fourth-order valence-corrected chi connectivity index (χ4v) is 1.68.